The van der Waals surface area contributed by atoms with Crippen LogP contribution >= 0.6 is 0 Å². The van der Waals surface area contributed by atoms with Gasteiger partial charge in [-0.2, -0.15) is 0 Å². The number of H-pyrrole nitrogens is 2. The van der Waals surface area contributed by atoms with Crippen LogP contribution in [0.25, 0.3) is 21.8 Å². The van der Waals surface area contributed by atoms with Gasteiger partial charge in [0.25, 0.3) is 0 Å². The van der Waals surface area contributed by atoms with Crippen molar-refractivity contribution in [1.29, 1.82) is 0 Å². The molecule has 4 fully saturated rings. The van der Waals surface area contributed by atoms with Gasteiger partial charge in [-0.25, -0.2) is 13.1 Å². The van der Waals surface area contributed by atoms with Crippen molar-refractivity contribution in [2.75, 3.05) is 25.9 Å². The van der Waals surface area contributed by atoms with Gasteiger partial charge in [0.2, 0.25) is 46.0 Å². The highest BCUT2D eigenvalue weighted by Crippen LogP contribution is 2.39. The number of rotatable bonds is 18. The number of sulfonamides is 1. The largest absolute Gasteiger partial charge is 0.361 e. The zero-order valence-corrected chi connectivity index (χ0v) is 37.7. The lowest BCUT2D eigenvalue weighted by Crippen LogP contribution is -2.64. The average Bonchev–Trinajstić information content (AvgIpc) is 4.16. The van der Waals surface area contributed by atoms with Crippen LogP contribution in [0.5, 0.6) is 0 Å². The number of hydrogen-bond acceptors (Lipinski definition) is 8. The number of amides is 6. The van der Waals surface area contributed by atoms with Crippen molar-refractivity contribution >= 4 is 67.8 Å². The molecule has 4 heterocycles. The van der Waals surface area contributed by atoms with Gasteiger partial charge in [-0.15, -0.1) is 0 Å². The maximum atomic E-state index is 14.9. The fraction of sp³-hybridized carbons (Fsp3) is 0.532. The highest BCUT2D eigenvalue weighted by atomic mass is 32.2. The minimum atomic E-state index is -3.58. The molecule has 4 aromatic rings. The van der Waals surface area contributed by atoms with Gasteiger partial charge in [-0.3, -0.25) is 28.8 Å². The number of carbonyl (C=O) groups is 6. The Bertz CT molecular complexity index is 2510. The molecular formula is C47H61N9O8S. The molecule has 6 amide bonds. The fourth-order valence-corrected chi connectivity index (χ4v) is 11.2. The lowest BCUT2D eigenvalue weighted by atomic mass is 9.85. The van der Waals surface area contributed by atoms with Crippen LogP contribution in [-0.2, 0) is 51.6 Å². The second-order valence-corrected chi connectivity index (χ2v) is 20.3. The second kappa shape index (κ2) is 19.8. The summed E-state index contributed by atoms with van der Waals surface area (Å²) < 4.78 is 26.3. The molecule has 0 spiro atoms. The van der Waals surface area contributed by atoms with E-state index >= 15 is 0 Å². The van der Waals surface area contributed by atoms with Gasteiger partial charge in [0, 0.05) is 72.7 Å². The molecule has 18 heteroatoms. The molecule has 6 unspecified atom stereocenters. The van der Waals surface area contributed by atoms with E-state index in [2.05, 4.69) is 36.0 Å². The van der Waals surface area contributed by atoms with E-state index in [0.717, 1.165) is 84.1 Å². The molecule has 2 saturated carbocycles. The van der Waals surface area contributed by atoms with E-state index in [4.69, 9.17) is 0 Å². The summed E-state index contributed by atoms with van der Waals surface area (Å²) in [6.07, 6.45) is 13.2. The first kappa shape index (κ1) is 45.8. The van der Waals surface area contributed by atoms with Crippen molar-refractivity contribution in [2.45, 2.75) is 126 Å². The SMILES string of the molecule is CS(=O)(=O)NCCC(NC(=O)C(Cc1c[nH]c2ccccc12)NC(=O)C1(NC(=O)C(Cc2c[nH]c3ccccc23)NC(=O)C2CC3CCCCC3N2C=O)CCCC1)C(=O)N1CCCC1. The smallest absolute Gasteiger partial charge is 0.246 e. The molecule has 8 rings (SSSR count). The van der Waals surface area contributed by atoms with E-state index < -0.39 is 63.4 Å². The first-order valence-electron chi connectivity index (χ1n) is 23.1. The van der Waals surface area contributed by atoms with Crippen LogP contribution in [0.1, 0.15) is 88.2 Å². The van der Waals surface area contributed by atoms with Gasteiger partial charge in [0.05, 0.1) is 6.26 Å². The first-order valence-corrected chi connectivity index (χ1v) is 25.0. The number of aromatic amines is 2. The molecule has 6 atom stereocenters. The van der Waals surface area contributed by atoms with Crippen LogP contribution in [0.15, 0.2) is 60.9 Å². The zero-order chi connectivity index (χ0) is 45.7. The summed E-state index contributed by atoms with van der Waals surface area (Å²) in [7, 11) is -3.58. The number of nitrogens with zero attached hydrogens (tertiary/aromatic N) is 2. The number of hydrogen-bond donors (Lipinski definition) is 7. The van der Waals surface area contributed by atoms with Crippen LogP contribution in [0.4, 0.5) is 0 Å². The molecule has 2 aromatic carbocycles. The minimum absolute atomic E-state index is 0.0157. The summed E-state index contributed by atoms with van der Waals surface area (Å²) in [5.74, 6) is -2.32. The molecule has 2 aliphatic heterocycles. The van der Waals surface area contributed by atoms with E-state index in [1.54, 1.807) is 16.0 Å². The summed E-state index contributed by atoms with van der Waals surface area (Å²) in [6.45, 7) is 0.936. The second-order valence-electron chi connectivity index (χ2n) is 18.5. The average molecular weight is 912 g/mol. The fourth-order valence-electron chi connectivity index (χ4n) is 10.7. The molecule has 4 aliphatic rings. The predicted molar refractivity (Wildman–Crippen MR) is 244 cm³/mol. The Kier molecular flexibility index (Phi) is 13.9. The first-order chi connectivity index (χ1) is 31.3. The van der Waals surface area contributed by atoms with Crippen LogP contribution in [0.2, 0.25) is 0 Å². The third-order valence-corrected chi connectivity index (χ3v) is 14.8. The highest BCUT2D eigenvalue weighted by molar-refractivity contribution is 7.88. The van der Waals surface area contributed by atoms with Gasteiger partial charge in [0.1, 0.15) is 29.7 Å². The summed E-state index contributed by atoms with van der Waals surface area (Å²) in [5, 5.41) is 13.7. The van der Waals surface area contributed by atoms with Crippen molar-refractivity contribution in [3.8, 4) is 0 Å². The van der Waals surface area contributed by atoms with Gasteiger partial charge >= 0.3 is 0 Å². The topological polar surface area (TPSA) is 235 Å². The normalized spacial score (nSPS) is 22.0. The van der Waals surface area contributed by atoms with Crippen LogP contribution in [-0.4, -0.2) is 126 Å². The molecule has 17 nitrogen and oxygen atoms in total. The van der Waals surface area contributed by atoms with E-state index in [0.29, 0.717) is 32.4 Å². The molecular weight excluding hydrogens is 851 g/mol. The van der Waals surface area contributed by atoms with E-state index in [-0.39, 0.29) is 56.5 Å². The van der Waals surface area contributed by atoms with Crippen molar-refractivity contribution in [3.05, 3.63) is 72.1 Å². The Morgan fingerprint density at radius 2 is 1.37 bits per heavy atom. The molecule has 2 aliphatic carbocycles. The molecule has 65 heavy (non-hydrogen) atoms. The van der Waals surface area contributed by atoms with Gasteiger partial charge in [0.15, 0.2) is 0 Å². The highest BCUT2D eigenvalue weighted by Gasteiger charge is 2.48. The standard InChI is InChI=1S/C47H61N9O8S/c1-65(63,64)50-21-18-37(45(61)55-22-10-11-23-55)51-42(58)38(24-31-27-48-35-15-5-3-13-33(31)35)53-46(62)47(19-8-9-20-47)54-43(59)39(25-32-28-49-36-16-6-4-14-34(32)36)52-44(60)41-26-30-12-2-7-17-40(30)56(41)29-57/h3-6,13-16,27-30,37-41,48-50H,2,7-12,17-26H2,1H3,(H,51,58)(H,52,60)(H,53,62)(H,54,59). The van der Waals surface area contributed by atoms with E-state index in [1.165, 1.54) is 0 Å². The third-order valence-electron chi connectivity index (χ3n) is 14.1. The molecule has 348 valence electrons. The number of benzene rings is 2. The Labute approximate surface area is 379 Å². The number of aromatic nitrogens is 2. The Hall–Kier alpha value is -5.75. The van der Waals surface area contributed by atoms with Gasteiger partial charge in [-0.05, 0) is 80.5 Å². The molecule has 0 radical (unpaired) electrons. The number of nitrogens with one attached hydrogen (secondary N) is 7. The van der Waals surface area contributed by atoms with Gasteiger partial charge < -0.3 is 41.0 Å². The minimum Gasteiger partial charge on any atom is -0.361 e. The molecule has 2 aromatic heterocycles. The number of carbonyl (C=O) groups excluding carboxylic acids is 6. The lowest BCUT2D eigenvalue weighted by Gasteiger charge is -2.34. The molecule has 2 saturated heterocycles. The Balaban J connectivity index is 1.06. The van der Waals surface area contributed by atoms with Crippen LogP contribution in [0, 0.1) is 5.92 Å². The van der Waals surface area contributed by atoms with Crippen molar-refractivity contribution < 1.29 is 37.2 Å². The molecule has 7 N–H and O–H groups in total. The van der Waals surface area contributed by atoms with E-state index in [9.17, 15) is 37.2 Å². The number of para-hydroxylation sites is 2. The summed E-state index contributed by atoms with van der Waals surface area (Å²) in [5.41, 5.74) is 1.78. The maximum Gasteiger partial charge on any atom is 0.246 e. The molecule has 0 bridgehead atoms. The summed E-state index contributed by atoms with van der Waals surface area (Å²) in [4.78, 5) is 94.4. The van der Waals surface area contributed by atoms with Gasteiger partial charge in [-0.1, -0.05) is 62.1 Å². The third kappa shape index (κ3) is 10.4. The Morgan fingerprint density at radius 1 is 0.769 bits per heavy atom. The van der Waals surface area contributed by atoms with Crippen LogP contribution < -0.4 is 26.0 Å². The lowest BCUT2D eigenvalue weighted by molar-refractivity contribution is -0.139. The summed E-state index contributed by atoms with van der Waals surface area (Å²) >= 11 is 0. The maximum absolute atomic E-state index is 14.9. The Morgan fingerprint density at radius 3 is 1.98 bits per heavy atom. The number of likely N-dealkylation sites (tertiary alicyclic amines) is 2. The predicted octanol–water partition coefficient (Wildman–Crippen LogP) is 2.67. The quantitative estimate of drug-likeness (QED) is 0.0732. The summed E-state index contributed by atoms with van der Waals surface area (Å²) in [6, 6.07) is 11.1. The van der Waals surface area contributed by atoms with E-state index in [1.807, 2.05) is 54.7 Å². The van der Waals surface area contributed by atoms with Crippen LogP contribution in [0.3, 0.4) is 0 Å². The number of fused-ring (bicyclic) bond motifs is 3. The van der Waals surface area contributed by atoms with Crippen molar-refractivity contribution in [1.82, 2.24) is 45.8 Å². The monoisotopic (exact) mass is 911 g/mol. The van der Waals surface area contributed by atoms with Crippen molar-refractivity contribution in [3.63, 3.8) is 0 Å². The zero-order valence-electron chi connectivity index (χ0n) is 36.9. The van der Waals surface area contributed by atoms with Crippen molar-refractivity contribution in [2.24, 2.45) is 5.92 Å².